The lowest BCUT2D eigenvalue weighted by molar-refractivity contribution is -0.127. The van der Waals surface area contributed by atoms with Crippen LogP contribution in [-0.2, 0) is 16.9 Å². The third kappa shape index (κ3) is 3.63. The highest BCUT2D eigenvalue weighted by Gasteiger charge is 2.48. The van der Waals surface area contributed by atoms with Crippen LogP contribution in [0.5, 0.6) is 0 Å². The van der Waals surface area contributed by atoms with Crippen LogP contribution in [0.4, 0.5) is 0 Å². The summed E-state index contributed by atoms with van der Waals surface area (Å²) in [5.41, 5.74) is 2.80. The fourth-order valence-corrected chi connectivity index (χ4v) is 4.17. The van der Waals surface area contributed by atoms with Crippen molar-refractivity contribution in [3.8, 4) is 6.07 Å². The van der Waals surface area contributed by atoms with Gasteiger partial charge in [-0.3, -0.25) is 9.59 Å². The number of hydrogen-bond donors (Lipinski definition) is 1. The van der Waals surface area contributed by atoms with Crippen LogP contribution in [0.3, 0.4) is 0 Å². The van der Waals surface area contributed by atoms with Crippen LogP contribution in [0.15, 0.2) is 48.5 Å². The summed E-state index contributed by atoms with van der Waals surface area (Å²) < 4.78 is 0. The molecular weight excluding hydrogens is 362 g/mol. The molecule has 2 aromatic carbocycles. The van der Waals surface area contributed by atoms with Gasteiger partial charge in [0.2, 0.25) is 5.91 Å². The van der Waals surface area contributed by atoms with Crippen molar-refractivity contribution in [2.24, 2.45) is 5.92 Å². The zero-order chi connectivity index (χ0) is 20.6. The van der Waals surface area contributed by atoms with Gasteiger partial charge in [-0.1, -0.05) is 44.2 Å². The van der Waals surface area contributed by atoms with E-state index in [0.29, 0.717) is 24.1 Å². The molecule has 0 bridgehead atoms. The molecule has 0 radical (unpaired) electrons. The molecule has 29 heavy (non-hydrogen) atoms. The second-order valence-corrected chi connectivity index (χ2v) is 8.50. The molecule has 2 aromatic rings. The predicted octanol–water partition coefficient (Wildman–Crippen LogP) is 3.73. The molecule has 1 aliphatic carbocycles. The van der Waals surface area contributed by atoms with E-state index >= 15 is 0 Å². The minimum Gasteiger partial charge on any atom is -0.345 e. The van der Waals surface area contributed by atoms with Crippen molar-refractivity contribution in [2.75, 3.05) is 0 Å². The monoisotopic (exact) mass is 387 g/mol. The van der Waals surface area contributed by atoms with Gasteiger partial charge in [-0.25, -0.2) is 0 Å². The van der Waals surface area contributed by atoms with Gasteiger partial charge in [0.25, 0.3) is 5.91 Å². The van der Waals surface area contributed by atoms with E-state index in [2.05, 4.69) is 25.2 Å². The van der Waals surface area contributed by atoms with E-state index in [1.54, 1.807) is 11.0 Å². The normalized spacial score (nSPS) is 17.6. The first-order valence-electron chi connectivity index (χ1n) is 10.1. The summed E-state index contributed by atoms with van der Waals surface area (Å²) in [6.07, 6.45) is 2.30. The number of nitrogens with one attached hydrogen (secondary N) is 1. The Morgan fingerprint density at radius 2 is 1.97 bits per heavy atom. The zero-order valence-electron chi connectivity index (χ0n) is 16.8. The number of nitriles is 1. The van der Waals surface area contributed by atoms with Gasteiger partial charge in [0.1, 0.15) is 6.04 Å². The molecule has 0 spiro atoms. The number of benzene rings is 2. The molecule has 2 aliphatic rings. The van der Waals surface area contributed by atoms with E-state index < -0.39 is 11.6 Å². The Bertz CT molecular complexity index is 1000. The van der Waals surface area contributed by atoms with Gasteiger partial charge in [0, 0.05) is 12.1 Å². The standard InChI is InChI=1S/C24H25N3O2/c1-16(2)12-21(27-15-18-7-3-4-9-20(18)23(27)29)22(28)26-24(10-11-24)19-8-5-6-17(13-19)14-25/h3-9,13,16,21H,10-12,15H2,1-2H3,(H,26,28)/t21-/m1/s1. The van der Waals surface area contributed by atoms with Crippen LogP contribution in [0.2, 0.25) is 0 Å². The molecule has 1 aliphatic heterocycles. The second kappa shape index (κ2) is 7.36. The van der Waals surface area contributed by atoms with Gasteiger partial charge >= 0.3 is 0 Å². The summed E-state index contributed by atoms with van der Waals surface area (Å²) in [7, 11) is 0. The molecule has 1 heterocycles. The Labute approximate surface area is 171 Å². The smallest absolute Gasteiger partial charge is 0.255 e. The molecular formula is C24H25N3O2. The van der Waals surface area contributed by atoms with Crippen LogP contribution in [0.1, 0.15) is 60.2 Å². The molecule has 0 unspecified atom stereocenters. The van der Waals surface area contributed by atoms with Crippen molar-refractivity contribution < 1.29 is 9.59 Å². The molecule has 148 valence electrons. The largest absolute Gasteiger partial charge is 0.345 e. The minimum absolute atomic E-state index is 0.0716. The third-order valence-corrected chi connectivity index (χ3v) is 5.88. The molecule has 1 atom stereocenters. The highest BCUT2D eigenvalue weighted by atomic mass is 16.2. The number of carbonyl (C=O) groups excluding carboxylic acids is 2. The topological polar surface area (TPSA) is 73.2 Å². The molecule has 4 rings (SSSR count). The predicted molar refractivity (Wildman–Crippen MR) is 110 cm³/mol. The number of amides is 2. The van der Waals surface area contributed by atoms with Crippen molar-refractivity contribution in [3.05, 3.63) is 70.8 Å². The molecule has 1 N–H and O–H groups in total. The van der Waals surface area contributed by atoms with Crippen LogP contribution in [0, 0.1) is 17.2 Å². The average molecular weight is 387 g/mol. The molecule has 0 saturated heterocycles. The van der Waals surface area contributed by atoms with E-state index in [1.165, 1.54) is 0 Å². The number of carbonyl (C=O) groups is 2. The van der Waals surface area contributed by atoms with Gasteiger partial charge < -0.3 is 10.2 Å². The molecule has 0 aromatic heterocycles. The maximum Gasteiger partial charge on any atom is 0.255 e. The van der Waals surface area contributed by atoms with Crippen molar-refractivity contribution >= 4 is 11.8 Å². The summed E-state index contributed by atoms with van der Waals surface area (Å²) >= 11 is 0. The van der Waals surface area contributed by atoms with Crippen LogP contribution >= 0.6 is 0 Å². The Hall–Kier alpha value is -3.13. The van der Waals surface area contributed by atoms with E-state index in [0.717, 1.165) is 24.0 Å². The minimum atomic E-state index is -0.508. The third-order valence-electron chi connectivity index (χ3n) is 5.88. The van der Waals surface area contributed by atoms with Crippen LogP contribution in [-0.4, -0.2) is 22.8 Å². The summed E-state index contributed by atoms with van der Waals surface area (Å²) in [6, 6.07) is 16.7. The Morgan fingerprint density at radius 1 is 1.21 bits per heavy atom. The zero-order valence-corrected chi connectivity index (χ0v) is 16.8. The van der Waals surface area contributed by atoms with Gasteiger partial charge in [-0.15, -0.1) is 0 Å². The number of hydrogen-bond acceptors (Lipinski definition) is 3. The lowest BCUT2D eigenvalue weighted by Crippen LogP contribution is -2.50. The Balaban J connectivity index is 1.57. The van der Waals surface area contributed by atoms with Crippen molar-refractivity contribution in [1.29, 1.82) is 5.26 Å². The number of nitrogens with zero attached hydrogens (tertiary/aromatic N) is 2. The lowest BCUT2D eigenvalue weighted by atomic mass is 9.98. The maximum absolute atomic E-state index is 13.4. The average Bonchev–Trinajstić information content (AvgIpc) is 3.43. The highest BCUT2D eigenvalue weighted by Crippen LogP contribution is 2.46. The van der Waals surface area contributed by atoms with Gasteiger partial charge in [0.15, 0.2) is 0 Å². The van der Waals surface area contributed by atoms with Crippen LogP contribution < -0.4 is 5.32 Å². The fourth-order valence-electron chi connectivity index (χ4n) is 4.17. The number of rotatable bonds is 6. The summed E-state index contributed by atoms with van der Waals surface area (Å²) in [6.45, 7) is 4.60. The SMILES string of the molecule is CC(C)C[C@H](C(=O)NC1(c2cccc(C#N)c2)CC1)N1Cc2ccccc2C1=O. The van der Waals surface area contributed by atoms with E-state index in [9.17, 15) is 14.9 Å². The van der Waals surface area contributed by atoms with E-state index in [1.807, 2.05) is 42.5 Å². The van der Waals surface area contributed by atoms with Crippen molar-refractivity contribution in [3.63, 3.8) is 0 Å². The first kappa shape index (κ1) is 19.2. The van der Waals surface area contributed by atoms with E-state index in [4.69, 9.17) is 0 Å². The molecule has 2 amide bonds. The Morgan fingerprint density at radius 3 is 2.62 bits per heavy atom. The first-order chi connectivity index (χ1) is 13.9. The van der Waals surface area contributed by atoms with Gasteiger partial charge in [-0.2, -0.15) is 5.26 Å². The molecule has 1 fully saturated rings. The van der Waals surface area contributed by atoms with Crippen molar-refractivity contribution in [2.45, 2.75) is 51.2 Å². The molecule has 5 nitrogen and oxygen atoms in total. The van der Waals surface area contributed by atoms with Crippen LogP contribution in [0.25, 0.3) is 0 Å². The lowest BCUT2D eigenvalue weighted by Gasteiger charge is -2.30. The number of fused-ring (bicyclic) bond motifs is 1. The quantitative estimate of drug-likeness (QED) is 0.821. The Kier molecular flexibility index (Phi) is 4.87. The summed E-state index contributed by atoms with van der Waals surface area (Å²) in [5, 5.41) is 12.4. The summed E-state index contributed by atoms with van der Waals surface area (Å²) in [5.74, 6) is 0.0942. The van der Waals surface area contributed by atoms with Gasteiger partial charge in [-0.05, 0) is 54.5 Å². The second-order valence-electron chi connectivity index (χ2n) is 8.50. The first-order valence-corrected chi connectivity index (χ1v) is 10.1. The van der Waals surface area contributed by atoms with Crippen molar-refractivity contribution in [1.82, 2.24) is 10.2 Å². The maximum atomic E-state index is 13.4. The molecule has 1 saturated carbocycles. The van der Waals surface area contributed by atoms with E-state index in [-0.39, 0.29) is 17.7 Å². The fraction of sp³-hybridized carbons (Fsp3) is 0.375. The highest BCUT2D eigenvalue weighted by molar-refractivity contribution is 6.01. The summed E-state index contributed by atoms with van der Waals surface area (Å²) in [4.78, 5) is 28.1. The van der Waals surface area contributed by atoms with Gasteiger partial charge in [0.05, 0.1) is 17.2 Å². The molecule has 5 heteroatoms.